The molecule has 0 spiro atoms. The summed E-state index contributed by atoms with van der Waals surface area (Å²) in [7, 11) is 1.81. The molecule has 1 aliphatic carbocycles. The average Bonchev–Trinajstić information content (AvgIpc) is 2.41. The molecule has 1 saturated carbocycles. The minimum absolute atomic E-state index is 0.0370. The molecule has 2 rings (SSSR count). The molecule has 20 heavy (non-hydrogen) atoms. The molecule has 0 atom stereocenters. The average molecular weight is 275 g/mol. The predicted molar refractivity (Wildman–Crippen MR) is 80.3 cm³/mol. The van der Waals surface area contributed by atoms with E-state index in [9.17, 15) is 9.90 Å². The number of amides is 1. The van der Waals surface area contributed by atoms with Gasteiger partial charge in [-0.2, -0.15) is 0 Å². The number of rotatable bonds is 4. The molecule has 0 aliphatic heterocycles. The molecule has 0 unspecified atom stereocenters. The second-order valence-electron chi connectivity index (χ2n) is 6.20. The van der Waals surface area contributed by atoms with E-state index in [1.807, 2.05) is 7.05 Å². The van der Waals surface area contributed by atoms with Crippen LogP contribution in [0.1, 0.15) is 49.7 Å². The van der Waals surface area contributed by atoms with Gasteiger partial charge in [-0.3, -0.25) is 4.79 Å². The molecule has 0 radical (unpaired) electrons. The van der Waals surface area contributed by atoms with E-state index in [0.717, 1.165) is 31.2 Å². The first kappa shape index (κ1) is 15.0. The molecule has 1 N–H and O–H groups in total. The molecule has 0 saturated heterocycles. The van der Waals surface area contributed by atoms with Crippen molar-refractivity contribution in [3.8, 4) is 0 Å². The van der Waals surface area contributed by atoms with Crippen LogP contribution in [0, 0.1) is 6.92 Å². The summed E-state index contributed by atoms with van der Waals surface area (Å²) in [4.78, 5) is 14.0. The molecule has 1 amide bonds. The third-order valence-corrected chi connectivity index (χ3v) is 4.23. The molecule has 110 valence electrons. The third-order valence-electron chi connectivity index (χ3n) is 4.23. The lowest BCUT2D eigenvalue weighted by Gasteiger charge is -2.32. The van der Waals surface area contributed by atoms with Crippen molar-refractivity contribution in [2.24, 2.45) is 0 Å². The van der Waals surface area contributed by atoms with Crippen molar-refractivity contribution in [3.63, 3.8) is 0 Å². The number of hydrogen-bond donors (Lipinski definition) is 1. The van der Waals surface area contributed by atoms with E-state index in [4.69, 9.17) is 0 Å². The van der Waals surface area contributed by atoms with E-state index in [1.54, 1.807) is 4.90 Å². The first-order valence-corrected chi connectivity index (χ1v) is 7.50. The standard InChI is InChI=1S/C17H25NO2/c1-14-6-8-15(9-7-14)13-18(2)16(19)12-17(20)10-4-3-5-11-17/h6-9,20H,3-5,10-13H2,1-2H3. The van der Waals surface area contributed by atoms with Crippen molar-refractivity contribution in [3.05, 3.63) is 35.4 Å². The molecule has 3 heteroatoms. The monoisotopic (exact) mass is 275 g/mol. The van der Waals surface area contributed by atoms with Gasteiger partial charge in [-0.25, -0.2) is 0 Å². The Morgan fingerprint density at radius 2 is 1.80 bits per heavy atom. The highest BCUT2D eigenvalue weighted by Gasteiger charge is 2.32. The zero-order valence-electron chi connectivity index (χ0n) is 12.6. The number of aryl methyl sites for hydroxylation is 1. The predicted octanol–water partition coefficient (Wildman–Crippen LogP) is 3.04. The minimum atomic E-state index is -0.767. The van der Waals surface area contributed by atoms with Gasteiger partial charge in [0.2, 0.25) is 5.91 Å². The second kappa shape index (κ2) is 6.40. The fraction of sp³-hybridized carbons (Fsp3) is 0.588. The van der Waals surface area contributed by atoms with Crippen LogP contribution in [0.25, 0.3) is 0 Å². The number of benzene rings is 1. The normalized spacial score (nSPS) is 17.8. The summed E-state index contributed by atoms with van der Waals surface area (Å²) < 4.78 is 0. The van der Waals surface area contributed by atoms with Crippen LogP contribution in [0.4, 0.5) is 0 Å². The fourth-order valence-corrected chi connectivity index (χ4v) is 2.86. The maximum atomic E-state index is 12.3. The maximum absolute atomic E-state index is 12.3. The molecular weight excluding hydrogens is 250 g/mol. The Morgan fingerprint density at radius 1 is 1.20 bits per heavy atom. The van der Waals surface area contributed by atoms with Crippen LogP contribution in [0.15, 0.2) is 24.3 Å². The highest BCUT2D eigenvalue weighted by Crippen LogP contribution is 2.31. The van der Waals surface area contributed by atoms with Crippen LogP contribution in [0.3, 0.4) is 0 Å². The summed E-state index contributed by atoms with van der Waals surface area (Å²) in [5.74, 6) is 0.0370. The Kier molecular flexibility index (Phi) is 4.81. The van der Waals surface area contributed by atoms with Crippen LogP contribution in [-0.4, -0.2) is 28.6 Å². The summed E-state index contributed by atoms with van der Waals surface area (Å²) in [6.07, 6.45) is 5.02. The van der Waals surface area contributed by atoms with Gasteiger partial charge < -0.3 is 10.0 Å². The Morgan fingerprint density at radius 3 is 2.40 bits per heavy atom. The number of nitrogens with zero attached hydrogens (tertiary/aromatic N) is 1. The molecule has 0 heterocycles. The number of aliphatic hydroxyl groups is 1. The lowest BCUT2D eigenvalue weighted by Crippen LogP contribution is -2.39. The first-order valence-electron chi connectivity index (χ1n) is 7.50. The molecule has 0 bridgehead atoms. The van der Waals surface area contributed by atoms with Crippen molar-refractivity contribution in [2.45, 2.75) is 57.6 Å². The minimum Gasteiger partial charge on any atom is -0.389 e. The molecule has 1 fully saturated rings. The Bertz CT molecular complexity index is 447. The van der Waals surface area contributed by atoms with E-state index >= 15 is 0 Å². The molecule has 1 aliphatic rings. The number of hydrogen-bond acceptors (Lipinski definition) is 2. The second-order valence-corrected chi connectivity index (χ2v) is 6.20. The lowest BCUT2D eigenvalue weighted by molar-refractivity contribution is -0.137. The quantitative estimate of drug-likeness (QED) is 0.917. The van der Waals surface area contributed by atoms with Gasteiger partial charge in [-0.15, -0.1) is 0 Å². The Hall–Kier alpha value is -1.35. The topological polar surface area (TPSA) is 40.5 Å². The summed E-state index contributed by atoms with van der Waals surface area (Å²) in [5.41, 5.74) is 1.58. The van der Waals surface area contributed by atoms with Crippen molar-refractivity contribution >= 4 is 5.91 Å². The third kappa shape index (κ3) is 4.07. The summed E-state index contributed by atoms with van der Waals surface area (Å²) in [6.45, 7) is 2.66. The smallest absolute Gasteiger partial charge is 0.225 e. The number of carbonyl (C=O) groups excluding carboxylic acids is 1. The van der Waals surface area contributed by atoms with E-state index < -0.39 is 5.60 Å². The van der Waals surface area contributed by atoms with E-state index in [2.05, 4.69) is 31.2 Å². The van der Waals surface area contributed by atoms with Crippen molar-refractivity contribution in [1.82, 2.24) is 4.90 Å². The van der Waals surface area contributed by atoms with Crippen LogP contribution in [0.2, 0.25) is 0 Å². The van der Waals surface area contributed by atoms with Gasteiger partial charge in [0.15, 0.2) is 0 Å². The fourth-order valence-electron chi connectivity index (χ4n) is 2.86. The Balaban J connectivity index is 1.89. The zero-order valence-corrected chi connectivity index (χ0v) is 12.6. The van der Waals surface area contributed by atoms with E-state index in [-0.39, 0.29) is 12.3 Å². The Labute approximate surface area is 121 Å². The van der Waals surface area contributed by atoms with Gasteiger partial charge in [0.05, 0.1) is 12.0 Å². The maximum Gasteiger partial charge on any atom is 0.225 e. The van der Waals surface area contributed by atoms with Crippen LogP contribution in [-0.2, 0) is 11.3 Å². The van der Waals surface area contributed by atoms with E-state index in [0.29, 0.717) is 6.54 Å². The SMILES string of the molecule is Cc1ccc(CN(C)C(=O)CC2(O)CCCCC2)cc1. The van der Waals surface area contributed by atoms with Gasteiger partial charge in [0, 0.05) is 13.6 Å². The van der Waals surface area contributed by atoms with Crippen molar-refractivity contribution < 1.29 is 9.90 Å². The summed E-state index contributed by atoms with van der Waals surface area (Å²) >= 11 is 0. The molecule has 0 aromatic heterocycles. The van der Waals surface area contributed by atoms with Gasteiger partial charge >= 0.3 is 0 Å². The molecule has 3 nitrogen and oxygen atoms in total. The van der Waals surface area contributed by atoms with Gasteiger partial charge in [0.25, 0.3) is 0 Å². The van der Waals surface area contributed by atoms with E-state index in [1.165, 1.54) is 12.0 Å². The first-order chi connectivity index (χ1) is 9.48. The van der Waals surface area contributed by atoms with Gasteiger partial charge in [0.1, 0.15) is 0 Å². The molecular formula is C17H25NO2. The molecule has 1 aromatic carbocycles. The summed E-state index contributed by atoms with van der Waals surface area (Å²) in [6, 6.07) is 8.22. The van der Waals surface area contributed by atoms with Crippen molar-refractivity contribution in [2.75, 3.05) is 7.05 Å². The van der Waals surface area contributed by atoms with Crippen LogP contribution < -0.4 is 0 Å². The number of carbonyl (C=O) groups is 1. The van der Waals surface area contributed by atoms with Crippen LogP contribution in [0.5, 0.6) is 0 Å². The largest absolute Gasteiger partial charge is 0.389 e. The van der Waals surface area contributed by atoms with Gasteiger partial charge in [-0.1, -0.05) is 49.1 Å². The summed E-state index contributed by atoms with van der Waals surface area (Å²) in [5, 5.41) is 10.4. The van der Waals surface area contributed by atoms with Crippen LogP contribution >= 0.6 is 0 Å². The highest BCUT2D eigenvalue weighted by molar-refractivity contribution is 5.77. The van der Waals surface area contributed by atoms with Crippen molar-refractivity contribution in [1.29, 1.82) is 0 Å². The molecule has 1 aromatic rings. The zero-order chi connectivity index (χ0) is 14.6. The highest BCUT2D eigenvalue weighted by atomic mass is 16.3. The van der Waals surface area contributed by atoms with Gasteiger partial charge in [-0.05, 0) is 25.3 Å². The lowest BCUT2D eigenvalue weighted by atomic mass is 9.82.